The number of hydrogen-bond acceptors (Lipinski definition) is 4. The Balaban J connectivity index is 2.64. The van der Waals surface area contributed by atoms with Gasteiger partial charge in [-0.3, -0.25) is 15.1 Å². The number of rotatable bonds is 6. The van der Waals surface area contributed by atoms with Crippen LogP contribution in [0, 0.1) is 17.2 Å². The molecule has 1 aromatic rings. The fourth-order valence-electron chi connectivity index (χ4n) is 1.64. The van der Waals surface area contributed by atoms with Crippen LogP contribution < -0.4 is 16.0 Å². The van der Waals surface area contributed by atoms with E-state index < -0.39 is 23.6 Å². The summed E-state index contributed by atoms with van der Waals surface area (Å²) in [6.45, 7) is 1.91. The second-order valence-corrected chi connectivity index (χ2v) is 4.93. The van der Waals surface area contributed by atoms with Gasteiger partial charge in [0.25, 0.3) is 5.82 Å². The topological polar surface area (TPSA) is 105 Å². The first kappa shape index (κ1) is 18.7. The Morgan fingerprint density at radius 3 is 2.74 bits per heavy atom. The number of nitrogens with zero attached hydrogens (tertiary/aromatic N) is 2. The predicted octanol–water partition coefficient (Wildman–Crippen LogP) is 1.67. The van der Waals surface area contributed by atoms with E-state index in [2.05, 4.69) is 15.3 Å². The van der Waals surface area contributed by atoms with E-state index in [1.165, 1.54) is 6.92 Å². The molecule has 0 aliphatic carbocycles. The number of nitrogens with two attached hydrogens (primary N) is 1. The molecule has 0 fully saturated rings. The van der Waals surface area contributed by atoms with Crippen molar-refractivity contribution in [1.29, 1.82) is 5.26 Å². The number of H-pyrrole nitrogens is 1. The van der Waals surface area contributed by atoms with Gasteiger partial charge in [0, 0.05) is 5.71 Å². The Bertz CT molecular complexity index is 654. The smallest absolute Gasteiger partial charge is 0.368 e. The summed E-state index contributed by atoms with van der Waals surface area (Å²) in [4.78, 5) is 17.4. The van der Waals surface area contributed by atoms with E-state index in [4.69, 9.17) is 22.6 Å². The number of aliphatic imine (C=N–C) groups is 1. The molecule has 1 amide bonds. The van der Waals surface area contributed by atoms with E-state index in [0.29, 0.717) is 0 Å². The van der Waals surface area contributed by atoms with Crippen molar-refractivity contribution in [1.82, 2.24) is 0 Å². The van der Waals surface area contributed by atoms with Crippen LogP contribution in [-0.4, -0.2) is 24.7 Å². The molecule has 1 unspecified atom stereocenters. The molecule has 124 valence electrons. The van der Waals surface area contributed by atoms with Gasteiger partial charge in [-0.25, -0.2) is 4.98 Å². The molecule has 0 bridgehead atoms. The van der Waals surface area contributed by atoms with Crippen LogP contribution >= 0.6 is 11.6 Å². The summed E-state index contributed by atoms with van der Waals surface area (Å²) in [6, 6.07) is 2.53. The van der Waals surface area contributed by atoms with E-state index in [9.17, 15) is 18.0 Å². The largest absolute Gasteiger partial charge is 0.419 e. The fraction of sp³-hybridized carbons (Fsp3) is 0.385. The molecule has 1 rings (SSSR count). The van der Waals surface area contributed by atoms with Crippen LogP contribution in [0.3, 0.4) is 0 Å². The van der Waals surface area contributed by atoms with Crippen molar-refractivity contribution < 1.29 is 22.9 Å². The second-order valence-electron chi connectivity index (χ2n) is 4.52. The number of pyridine rings is 1. The number of carbonyl (C=O) groups is 1. The Morgan fingerprint density at radius 1 is 1.61 bits per heavy atom. The second kappa shape index (κ2) is 7.78. The molecule has 4 N–H and O–H groups in total. The minimum Gasteiger partial charge on any atom is -0.368 e. The molecule has 0 radical (unpaired) electrons. The third-order valence-corrected chi connectivity index (χ3v) is 3.12. The molecule has 0 aliphatic heterocycles. The first-order valence-corrected chi connectivity index (χ1v) is 6.76. The number of halogens is 4. The average molecular weight is 349 g/mol. The Morgan fingerprint density at radius 2 is 2.26 bits per heavy atom. The first-order valence-electron chi connectivity index (χ1n) is 6.39. The van der Waals surface area contributed by atoms with Crippen LogP contribution in [0.2, 0.25) is 5.02 Å². The van der Waals surface area contributed by atoms with Gasteiger partial charge in [-0.05, 0) is 13.0 Å². The Labute approximate surface area is 135 Å². The molecule has 0 aromatic carbocycles. The molecule has 0 spiro atoms. The molecule has 10 heteroatoms. The summed E-state index contributed by atoms with van der Waals surface area (Å²) in [6.07, 6.45) is -3.69. The number of nitriles is 1. The van der Waals surface area contributed by atoms with Crippen LogP contribution in [0.1, 0.15) is 12.5 Å². The summed E-state index contributed by atoms with van der Waals surface area (Å²) in [5.74, 6) is -1.68. The van der Waals surface area contributed by atoms with E-state index in [-0.39, 0.29) is 29.6 Å². The zero-order chi connectivity index (χ0) is 17.6. The van der Waals surface area contributed by atoms with E-state index in [1.54, 1.807) is 6.07 Å². The molecule has 0 saturated heterocycles. The monoisotopic (exact) mass is 348 g/mol. The summed E-state index contributed by atoms with van der Waals surface area (Å²) >= 11 is 5.76. The maximum atomic E-state index is 12.5. The number of hydrogen-bond donors (Lipinski definition) is 2. The standard InChI is InChI=1S/C13H13ClF3N5O/c1-7(9(5-18)11(19)23)20-2-3-21-12-10(14)4-8(6-22-12)13(15,16)17/h4,6,9H,2-3H2,1H3,(H2,19,23)(H,21,22)/p+1. The molecule has 6 nitrogen and oxygen atoms in total. The summed E-state index contributed by atoms with van der Waals surface area (Å²) in [5.41, 5.74) is 4.42. The number of carbonyl (C=O) groups excluding carboxylic acids is 1. The molecule has 0 saturated carbocycles. The molecule has 0 aliphatic rings. The van der Waals surface area contributed by atoms with Crippen LogP contribution in [0.15, 0.2) is 17.3 Å². The van der Waals surface area contributed by atoms with Crippen LogP contribution in [0.4, 0.5) is 19.0 Å². The van der Waals surface area contributed by atoms with Gasteiger partial charge in [0.1, 0.15) is 17.8 Å². The lowest BCUT2D eigenvalue weighted by Crippen LogP contribution is -2.28. The van der Waals surface area contributed by atoms with Crippen molar-refractivity contribution in [2.24, 2.45) is 16.6 Å². The highest BCUT2D eigenvalue weighted by molar-refractivity contribution is 6.32. The maximum Gasteiger partial charge on any atom is 0.419 e. The highest BCUT2D eigenvalue weighted by Crippen LogP contribution is 2.30. The predicted molar refractivity (Wildman–Crippen MR) is 77.8 cm³/mol. The van der Waals surface area contributed by atoms with E-state index in [1.807, 2.05) is 0 Å². The number of amides is 1. The Hall–Kier alpha value is -2.34. The maximum absolute atomic E-state index is 12.5. The van der Waals surface area contributed by atoms with Crippen molar-refractivity contribution in [3.8, 4) is 6.07 Å². The van der Waals surface area contributed by atoms with E-state index >= 15 is 0 Å². The van der Waals surface area contributed by atoms with Crippen molar-refractivity contribution >= 4 is 29.0 Å². The van der Waals surface area contributed by atoms with Gasteiger partial charge in [0.05, 0.1) is 18.2 Å². The average Bonchev–Trinajstić information content (AvgIpc) is 2.44. The van der Waals surface area contributed by atoms with Gasteiger partial charge >= 0.3 is 6.18 Å². The third kappa shape index (κ3) is 5.41. The number of anilines is 1. The number of nitrogens with one attached hydrogen (secondary N) is 2. The first-order chi connectivity index (χ1) is 10.7. The zero-order valence-corrected chi connectivity index (χ0v) is 12.8. The number of aromatic amines is 1. The van der Waals surface area contributed by atoms with Gasteiger partial charge in [-0.15, -0.1) is 0 Å². The quantitative estimate of drug-likeness (QED) is 0.603. The summed E-state index contributed by atoms with van der Waals surface area (Å²) < 4.78 is 37.5. The summed E-state index contributed by atoms with van der Waals surface area (Å²) in [5, 5.41) is 11.4. The van der Waals surface area contributed by atoms with Gasteiger partial charge in [-0.2, -0.15) is 18.4 Å². The number of alkyl halides is 3. The lowest BCUT2D eigenvalue weighted by atomic mass is 10.1. The SMILES string of the molecule is CC(=NCCNc1[nH+]cc(C(F)(F)F)cc1Cl)C(C#N)C(N)=O. The van der Waals surface area contributed by atoms with Gasteiger partial charge in [-0.1, -0.05) is 11.6 Å². The normalized spacial score (nSPS) is 13.3. The molecule has 1 heterocycles. The van der Waals surface area contributed by atoms with Crippen molar-refractivity contribution in [2.75, 3.05) is 18.4 Å². The van der Waals surface area contributed by atoms with Crippen LogP contribution in [0.25, 0.3) is 0 Å². The van der Waals surface area contributed by atoms with Crippen molar-refractivity contribution in [3.05, 3.63) is 22.8 Å². The van der Waals surface area contributed by atoms with Crippen molar-refractivity contribution in [2.45, 2.75) is 13.1 Å². The molecule has 1 aromatic heterocycles. The van der Waals surface area contributed by atoms with Crippen LogP contribution in [-0.2, 0) is 11.0 Å². The molecular formula is C13H14ClF3N5O+. The minimum absolute atomic E-state index is 0.118. The van der Waals surface area contributed by atoms with E-state index in [0.717, 1.165) is 12.3 Å². The third-order valence-electron chi connectivity index (χ3n) is 2.83. The van der Waals surface area contributed by atoms with Gasteiger partial charge in [0.2, 0.25) is 5.91 Å². The number of aromatic nitrogens is 1. The molecule has 1 atom stereocenters. The highest BCUT2D eigenvalue weighted by atomic mass is 35.5. The highest BCUT2D eigenvalue weighted by Gasteiger charge is 2.32. The van der Waals surface area contributed by atoms with Gasteiger partial charge in [0.15, 0.2) is 5.92 Å². The molecule has 23 heavy (non-hydrogen) atoms. The lowest BCUT2D eigenvalue weighted by molar-refractivity contribution is -0.364. The molecular weight excluding hydrogens is 335 g/mol. The van der Waals surface area contributed by atoms with Gasteiger partial charge < -0.3 is 5.73 Å². The van der Waals surface area contributed by atoms with Crippen LogP contribution in [0.5, 0.6) is 0 Å². The summed E-state index contributed by atoms with van der Waals surface area (Å²) in [7, 11) is 0. The number of primary amides is 1. The van der Waals surface area contributed by atoms with Crippen molar-refractivity contribution in [3.63, 3.8) is 0 Å². The fourth-order valence-corrected chi connectivity index (χ4v) is 1.87. The lowest BCUT2D eigenvalue weighted by Gasteiger charge is -2.07. The minimum atomic E-state index is -4.48. The Kier molecular flexibility index (Phi) is 6.33. The zero-order valence-electron chi connectivity index (χ0n) is 12.0.